The molecule has 2 amide bonds. The average Bonchev–Trinajstić information content (AvgIpc) is 3.45. The van der Waals surface area contributed by atoms with Gasteiger partial charge in [0.2, 0.25) is 11.8 Å². The van der Waals surface area contributed by atoms with E-state index in [1.165, 1.54) is 0 Å². The first-order valence-corrected chi connectivity index (χ1v) is 14.6. The summed E-state index contributed by atoms with van der Waals surface area (Å²) in [4.78, 5) is 29.2. The molecule has 1 fully saturated rings. The van der Waals surface area contributed by atoms with Crippen molar-refractivity contribution in [2.24, 2.45) is 0 Å². The Bertz CT molecular complexity index is 1170. The molecule has 1 N–H and O–H groups in total. The van der Waals surface area contributed by atoms with Crippen LogP contribution in [0.3, 0.4) is 0 Å². The number of rotatable bonds is 12. The van der Waals surface area contributed by atoms with Gasteiger partial charge in [-0.05, 0) is 53.8 Å². The van der Waals surface area contributed by atoms with Gasteiger partial charge in [0, 0.05) is 29.8 Å². The van der Waals surface area contributed by atoms with Crippen molar-refractivity contribution >= 4 is 35.2 Å². The molecule has 200 valence electrons. The van der Waals surface area contributed by atoms with Gasteiger partial charge in [-0.1, -0.05) is 79.0 Å². The lowest BCUT2D eigenvalue weighted by atomic mass is 10.0. The molecular formula is C31H35ClN2O3S. The van der Waals surface area contributed by atoms with Gasteiger partial charge in [-0.3, -0.25) is 9.59 Å². The van der Waals surface area contributed by atoms with Crippen LogP contribution in [0.25, 0.3) is 0 Å². The maximum atomic E-state index is 13.8. The zero-order valence-electron chi connectivity index (χ0n) is 21.8. The van der Waals surface area contributed by atoms with E-state index in [4.69, 9.17) is 16.3 Å². The molecule has 3 aromatic carbocycles. The zero-order valence-corrected chi connectivity index (χ0v) is 23.3. The normalized spacial score (nSPS) is 14.2. The van der Waals surface area contributed by atoms with Gasteiger partial charge in [-0.15, -0.1) is 11.8 Å². The van der Waals surface area contributed by atoms with Crippen molar-refractivity contribution in [1.82, 2.24) is 10.2 Å². The lowest BCUT2D eigenvalue weighted by Gasteiger charge is -2.32. The van der Waals surface area contributed by atoms with Crippen LogP contribution in [-0.2, 0) is 28.3 Å². The number of hydrogen-bond donors (Lipinski definition) is 1. The number of benzene rings is 3. The second-order valence-corrected chi connectivity index (χ2v) is 11.1. The Kier molecular flexibility index (Phi) is 10.5. The Morgan fingerprint density at radius 2 is 1.61 bits per heavy atom. The average molecular weight is 551 g/mol. The van der Waals surface area contributed by atoms with Gasteiger partial charge in [0.15, 0.2) is 0 Å². The third-order valence-electron chi connectivity index (χ3n) is 6.89. The highest BCUT2D eigenvalue weighted by Crippen LogP contribution is 2.22. The number of amides is 2. The summed E-state index contributed by atoms with van der Waals surface area (Å²) in [5.41, 5.74) is 3.08. The smallest absolute Gasteiger partial charge is 0.243 e. The van der Waals surface area contributed by atoms with Gasteiger partial charge in [0.1, 0.15) is 11.8 Å². The molecule has 3 aromatic rings. The lowest BCUT2D eigenvalue weighted by Crippen LogP contribution is -2.52. The molecule has 5 nitrogen and oxygen atoms in total. The number of nitrogens with one attached hydrogen (secondary N) is 1. The van der Waals surface area contributed by atoms with Gasteiger partial charge < -0.3 is 15.0 Å². The topological polar surface area (TPSA) is 58.6 Å². The molecule has 0 aliphatic heterocycles. The standard InChI is InChI=1S/C31H35ClN2O3S/c1-37-28-17-13-25(14-18-28)21-38-22-30(35)34(20-24-11-15-26(32)16-12-24)29(19-23-7-3-2-4-8-23)31(36)33-27-9-5-6-10-27/h2-4,7-8,11-18,27,29H,5-6,9-10,19-22H2,1H3,(H,33,36). The van der Waals surface area contributed by atoms with Crippen LogP contribution in [0.15, 0.2) is 78.9 Å². The first-order chi connectivity index (χ1) is 18.5. The van der Waals surface area contributed by atoms with E-state index in [-0.39, 0.29) is 23.6 Å². The third kappa shape index (κ3) is 8.27. The molecule has 0 spiro atoms. The number of ether oxygens (including phenoxy) is 1. The van der Waals surface area contributed by atoms with E-state index < -0.39 is 6.04 Å². The fraction of sp³-hybridized carbons (Fsp3) is 0.355. The van der Waals surface area contributed by atoms with Crippen LogP contribution in [0.4, 0.5) is 0 Å². The van der Waals surface area contributed by atoms with Crippen molar-refractivity contribution in [1.29, 1.82) is 0 Å². The fourth-order valence-electron chi connectivity index (χ4n) is 4.77. The summed E-state index contributed by atoms with van der Waals surface area (Å²) in [5.74, 6) is 1.65. The molecule has 0 saturated heterocycles. The van der Waals surface area contributed by atoms with Crippen LogP contribution in [0.1, 0.15) is 42.4 Å². The van der Waals surface area contributed by atoms with Crippen LogP contribution in [-0.4, -0.2) is 41.7 Å². The summed E-state index contributed by atoms with van der Waals surface area (Å²) in [7, 11) is 1.65. The molecule has 0 bridgehead atoms. The summed E-state index contributed by atoms with van der Waals surface area (Å²) >= 11 is 7.67. The van der Waals surface area contributed by atoms with Crippen molar-refractivity contribution in [3.8, 4) is 5.75 Å². The van der Waals surface area contributed by atoms with Crippen LogP contribution >= 0.6 is 23.4 Å². The van der Waals surface area contributed by atoms with Crippen molar-refractivity contribution < 1.29 is 14.3 Å². The minimum absolute atomic E-state index is 0.0547. The van der Waals surface area contributed by atoms with Gasteiger partial charge in [0.25, 0.3) is 0 Å². The van der Waals surface area contributed by atoms with E-state index >= 15 is 0 Å². The Balaban J connectivity index is 1.54. The molecule has 1 saturated carbocycles. The molecule has 1 atom stereocenters. The fourth-order valence-corrected chi connectivity index (χ4v) is 5.77. The number of hydrogen-bond acceptors (Lipinski definition) is 4. The van der Waals surface area contributed by atoms with Gasteiger partial charge in [-0.2, -0.15) is 0 Å². The predicted molar refractivity (Wildman–Crippen MR) is 155 cm³/mol. The van der Waals surface area contributed by atoms with Crippen LogP contribution in [0, 0.1) is 0 Å². The van der Waals surface area contributed by atoms with E-state index in [9.17, 15) is 9.59 Å². The van der Waals surface area contributed by atoms with Crippen LogP contribution in [0.2, 0.25) is 5.02 Å². The number of carbonyl (C=O) groups is 2. The Labute approximate surface area is 234 Å². The van der Waals surface area contributed by atoms with E-state index in [1.807, 2.05) is 78.9 Å². The zero-order chi connectivity index (χ0) is 26.7. The molecule has 0 radical (unpaired) electrons. The minimum atomic E-state index is -0.609. The second kappa shape index (κ2) is 14.3. The Hall–Kier alpha value is -2.96. The van der Waals surface area contributed by atoms with Crippen molar-refractivity contribution in [3.05, 3.63) is 101 Å². The molecule has 0 heterocycles. The summed E-state index contributed by atoms with van der Waals surface area (Å²) in [5, 5.41) is 3.89. The van der Waals surface area contributed by atoms with E-state index in [1.54, 1.807) is 23.8 Å². The largest absolute Gasteiger partial charge is 0.497 e. The molecule has 7 heteroatoms. The third-order valence-corrected chi connectivity index (χ3v) is 8.13. The molecule has 0 aromatic heterocycles. The first-order valence-electron chi connectivity index (χ1n) is 13.1. The van der Waals surface area contributed by atoms with Gasteiger partial charge in [-0.25, -0.2) is 0 Å². The number of methoxy groups -OCH3 is 1. The van der Waals surface area contributed by atoms with Crippen molar-refractivity contribution in [3.63, 3.8) is 0 Å². The molecule has 1 unspecified atom stereocenters. The molecular weight excluding hydrogens is 516 g/mol. The summed E-state index contributed by atoms with van der Waals surface area (Å²) in [6, 6.07) is 24.8. The maximum Gasteiger partial charge on any atom is 0.243 e. The number of thioether (sulfide) groups is 1. The highest BCUT2D eigenvalue weighted by atomic mass is 35.5. The van der Waals surface area contributed by atoms with Gasteiger partial charge in [0.05, 0.1) is 12.9 Å². The summed E-state index contributed by atoms with van der Waals surface area (Å²) < 4.78 is 5.24. The number of carbonyl (C=O) groups excluding carboxylic acids is 2. The first kappa shape index (κ1) is 28.1. The highest BCUT2D eigenvalue weighted by molar-refractivity contribution is 7.99. The number of halogens is 1. The molecule has 1 aliphatic carbocycles. The minimum Gasteiger partial charge on any atom is -0.497 e. The molecule has 38 heavy (non-hydrogen) atoms. The molecule has 4 rings (SSSR count). The van der Waals surface area contributed by atoms with Crippen molar-refractivity contribution in [2.75, 3.05) is 12.9 Å². The lowest BCUT2D eigenvalue weighted by molar-refractivity contribution is -0.139. The quantitative estimate of drug-likeness (QED) is 0.288. The van der Waals surface area contributed by atoms with Crippen LogP contribution < -0.4 is 10.1 Å². The monoisotopic (exact) mass is 550 g/mol. The Morgan fingerprint density at radius 1 is 0.947 bits per heavy atom. The number of nitrogens with zero attached hydrogens (tertiary/aromatic N) is 1. The molecule has 1 aliphatic rings. The van der Waals surface area contributed by atoms with E-state index in [0.29, 0.717) is 23.7 Å². The van der Waals surface area contributed by atoms with Gasteiger partial charge >= 0.3 is 0 Å². The van der Waals surface area contributed by atoms with Crippen LogP contribution in [0.5, 0.6) is 5.75 Å². The summed E-state index contributed by atoms with van der Waals surface area (Å²) in [6.45, 7) is 0.342. The van der Waals surface area contributed by atoms with Crippen molar-refractivity contribution in [2.45, 2.75) is 56.5 Å². The second-order valence-electron chi connectivity index (χ2n) is 9.68. The van der Waals surface area contributed by atoms with E-state index in [2.05, 4.69) is 5.32 Å². The highest BCUT2D eigenvalue weighted by Gasteiger charge is 2.32. The summed E-state index contributed by atoms with van der Waals surface area (Å²) in [6.07, 6.45) is 4.70. The predicted octanol–water partition coefficient (Wildman–Crippen LogP) is 6.28. The van der Waals surface area contributed by atoms with E-state index in [0.717, 1.165) is 48.1 Å². The Morgan fingerprint density at radius 3 is 2.26 bits per heavy atom. The SMILES string of the molecule is COc1ccc(CSCC(=O)N(Cc2ccc(Cl)cc2)C(Cc2ccccc2)C(=O)NC2CCCC2)cc1. The maximum absolute atomic E-state index is 13.8.